The second-order valence-electron chi connectivity index (χ2n) is 4.38. The third-order valence-corrected chi connectivity index (χ3v) is 3.55. The van der Waals surface area contributed by atoms with Crippen molar-refractivity contribution in [2.75, 3.05) is 32.4 Å². The summed E-state index contributed by atoms with van der Waals surface area (Å²) in [7, 11) is -1.67. The Morgan fingerprint density at radius 1 is 1.31 bits per heavy atom. The minimum absolute atomic E-state index is 0.399. The van der Waals surface area contributed by atoms with E-state index in [1.165, 1.54) is 49.1 Å². The van der Waals surface area contributed by atoms with Crippen LogP contribution in [0.2, 0.25) is 0 Å². The van der Waals surface area contributed by atoms with Gasteiger partial charge in [-0.3, -0.25) is 0 Å². The molecule has 0 bridgehead atoms. The molecule has 0 amide bonds. The molecule has 0 atom stereocenters. The Kier molecular flexibility index (Phi) is 6.87. The third-order valence-electron chi connectivity index (χ3n) is 2.95. The highest BCUT2D eigenvalue weighted by atomic mass is 32.2. The highest BCUT2D eigenvalue weighted by molar-refractivity contribution is 7.85. The Morgan fingerprint density at radius 2 is 1.81 bits per heavy atom. The van der Waals surface area contributed by atoms with Gasteiger partial charge in [0.25, 0.3) is 0 Å². The Morgan fingerprint density at radius 3 is 2.00 bits per heavy atom. The Balaban J connectivity index is 0.000000281. The number of hydrogen-bond donors (Lipinski definition) is 0. The van der Waals surface area contributed by atoms with Crippen molar-refractivity contribution in [2.45, 2.75) is 26.7 Å². The van der Waals surface area contributed by atoms with Gasteiger partial charge in [0.15, 0.2) is 0 Å². The molecule has 0 spiro atoms. The van der Waals surface area contributed by atoms with Gasteiger partial charge in [-0.05, 0) is 13.8 Å². The van der Waals surface area contributed by atoms with Crippen LogP contribution in [0.25, 0.3) is 0 Å². The SMILES string of the molecule is C/C=C/CS(=O)(=O)[O-].CC[N+]1(C)CCCC1. The number of hydrogen-bond acceptors (Lipinski definition) is 3. The van der Waals surface area contributed by atoms with Crippen LogP contribution in [0.3, 0.4) is 0 Å². The average molecular weight is 249 g/mol. The number of nitrogens with zero attached hydrogens (tertiary/aromatic N) is 1. The van der Waals surface area contributed by atoms with Crippen LogP contribution in [0.1, 0.15) is 26.7 Å². The smallest absolute Gasteiger partial charge is 0.0982 e. The first-order chi connectivity index (χ1) is 7.33. The predicted molar refractivity (Wildman–Crippen MR) is 65.1 cm³/mol. The van der Waals surface area contributed by atoms with E-state index in [2.05, 4.69) is 14.0 Å². The summed E-state index contributed by atoms with van der Waals surface area (Å²) in [5.41, 5.74) is 0. The van der Waals surface area contributed by atoms with Crippen molar-refractivity contribution < 1.29 is 17.5 Å². The maximum Gasteiger partial charge on any atom is 0.0982 e. The van der Waals surface area contributed by atoms with Crippen LogP contribution in [0.15, 0.2) is 12.2 Å². The fourth-order valence-corrected chi connectivity index (χ4v) is 2.06. The maximum atomic E-state index is 9.78. The zero-order valence-corrected chi connectivity index (χ0v) is 11.3. The van der Waals surface area contributed by atoms with Gasteiger partial charge in [-0.15, -0.1) is 0 Å². The summed E-state index contributed by atoms with van der Waals surface area (Å²) in [6.07, 6.45) is 5.73. The lowest BCUT2D eigenvalue weighted by molar-refractivity contribution is -0.895. The summed E-state index contributed by atoms with van der Waals surface area (Å²) in [5, 5.41) is 0. The van der Waals surface area contributed by atoms with E-state index in [1.807, 2.05) is 0 Å². The molecular formula is C11H23NO3S. The van der Waals surface area contributed by atoms with Crippen molar-refractivity contribution in [3.05, 3.63) is 12.2 Å². The molecule has 0 aliphatic carbocycles. The second kappa shape index (κ2) is 7.04. The summed E-state index contributed by atoms with van der Waals surface area (Å²) in [4.78, 5) is 0. The van der Waals surface area contributed by atoms with Crippen molar-refractivity contribution in [3.8, 4) is 0 Å². The van der Waals surface area contributed by atoms with Crippen LogP contribution in [-0.2, 0) is 10.1 Å². The van der Waals surface area contributed by atoms with E-state index in [-0.39, 0.29) is 0 Å². The maximum absolute atomic E-state index is 9.78. The number of allylic oxidation sites excluding steroid dienone is 1. The predicted octanol–water partition coefficient (Wildman–Crippen LogP) is 1.35. The Hall–Kier alpha value is -0.390. The normalized spacial score (nSPS) is 19.5. The summed E-state index contributed by atoms with van der Waals surface area (Å²) in [5.74, 6) is -0.399. The summed E-state index contributed by atoms with van der Waals surface area (Å²) in [6, 6.07) is 0. The number of likely N-dealkylation sites (tertiary alicyclic amines) is 1. The molecule has 16 heavy (non-hydrogen) atoms. The molecule has 0 unspecified atom stereocenters. The molecule has 0 aromatic heterocycles. The molecule has 1 aliphatic heterocycles. The first-order valence-electron chi connectivity index (χ1n) is 5.71. The Bertz CT molecular complexity index is 303. The monoisotopic (exact) mass is 249 g/mol. The van der Waals surface area contributed by atoms with Crippen LogP contribution in [0, 0.1) is 0 Å². The quantitative estimate of drug-likeness (QED) is 0.431. The molecule has 1 fully saturated rings. The van der Waals surface area contributed by atoms with E-state index in [4.69, 9.17) is 0 Å². The molecule has 1 aliphatic rings. The number of quaternary nitrogens is 1. The summed E-state index contributed by atoms with van der Waals surface area (Å²) in [6.45, 7) is 8.09. The van der Waals surface area contributed by atoms with Gasteiger partial charge in [0, 0.05) is 12.8 Å². The van der Waals surface area contributed by atoms with Crippen molar-refractivity contribution in [3.63, 3.8) is 0 Å². The minimum atomic E-state index is -4.02. The van der Waals surface area contributed by atoms with Gasteiger partial charge < -0.3 is 9.04 Å². The van der Waals surface area contributed by atoms with Crippen molar-refractivity contribution in [1.82, 2.24) is 0 Å². The lowest BCUT2D eigenvalue weighted by Gasteiger charge is -2.26. The second-order valence-corrected chi connectivity index (χ2v) is 5.83. The van der Waals surface area contributed by atoms with Gasteiger partial charge in [0.05, 0.1) is 42.6 Å². The van der Waals surface area contributed by atoms with Crippen LogP contribution in [-0.4, -0.2) is 49.9 Å². The molecule has 96 valence electrons. The molecule has 0 saturated carbocycles. The molecule has 0 N–H and O–H groups in total. The largest absolute Gasteiger partial charge is 0.748 e. The molecule has 0 radical (unpaired) electrons. The van der Waals surface area contributed by atoms with E-state index >= 15 is 0 Å². The van der Waals surface area contributed by atoms with E-state index in [0.29, 0.717) is 0 Å². The molecule has 5 heteroatoms. The highest BCUT2D eigenvalue weighted by Gasteiger charge is 2.23. The van der Waals surface area contributed by atoms with Crippen molar-refractivity contribution in [2.24, 2.45) is 0 Å². The van der Waals surface area contributed by atoms with E-state index in [1.54, 1.807) is 6.92 Å². The molecular weight excluding hydrogens is 226 g/mol. The standard InChI is InChI=1S/C7H16N.C4H8O3S/c1-3-8(2)6-4-5-7-8;1-2-3-4-8(5,6)7/h3-7H2,1-2H3;2-3H,4H2,1H3,(H,5,6,7)/q+1;/p-1/b;3-2+. The van der Waals surface area contributed by atoms with Gasteiger partial charge in [-0.2, -0.15) is 0 Å². The number of rotatable bonds is 3. The fraction of sp³-hybridized carbons (Fsp3) is 0.818. The van der Waals surface area contributed by atoms with Crippen molar-refractivity contribution in [1.29, 1.82) is 0 Å². The molecule has 0 aromatic rings. The van der Waals surface area contributed by atoms with E-state index in [9.17, 15) is 13.0 Å². The average Bonchev–Trinajstić information content (AvgIpc) is 2.63. The zero-order valence-electron chi connectivity index (χ0n) is 10.5. The summed E-state index contributed by atoms with van der Waals surface area (Å²) >= 11 is 0. The molecule has 4 nitrogen and oxygen atoms in total. The molecule has 1 rings (SSSR count). The van der Waals surface area contributed by atoms with E-state index in [0.717, 1.165) is 0 Å². The van der Waals surface area contributed by atoms with Crippen LogP contribution in [0.5, 0.6) is 0 Å². The van der Waals surface area contributed by atoms with Gasteiger partial charge >= 0.3 is 0 Å². The molecule has 0 aromatic carbocycles. The minimum Gasteiger partial charge on any atom is -0.748 e. The fourth-order valence-electron chi connectivity index (χ4n) is 1.63. The van der Waals surface area contributed by atoms with Crippen LogP contribution in [0.4, 0.5) is 0 Å². The van der Waals surface area contributed by atoms with Crippen LogP contribution >= 0.6 is 0 Å². The third kappa shape index (κ3) is 7.84. The highest BCUT2D eigenvalue weighted by Crippen LogP contribution is 2.14. The Labute approximate surface area is 99.3 Å². The summed E-state index contributed by atoms with van der Waals surface area (Å²) < 4.78 is 30.7. The van der Waals surface area contributed by atoms with E-state index < -0.39 is 15.9 Å². The molecule has 1 heterocycles. The van der Waals surface area contributed by atoms with Gasteiger partial charge in [-0.25, -0.2) is 8.42 Å². The van der Waals surface area contributed by atoms with Gasteiger partial charge in [0.2, 0.25) is 0 Å². The van der Waals surface area contributed by atoms with Crippen molar-refractivity contribution >= 4 is 10.1 Å². The molecule has 1 saturated heterocycles. The van der Waals surface area contributed by atoms with Gasteiger partial charge in [-0.1, -0.05) is 12.2 Å². The lowest BCUT2D eigenvalue weighted by Crippen LogP contribution is -2.40. The lowest BCUT2D eigenvalue weighted by atomic mass is 10.4. The van der Waals surface area contributed by atoms with Gasteiger partial charge in [0.1, 0.15) is 0 Å². The first-order valence-corrected chi connectivity index (χ1v) is 7.29. The zero-order chi connectivity index (χ0) is 12.7. The van der Waals surface area contributed by atoms with Crippen LogP contribution < -0.4 is 0 Å². The topological polar surface area (TPSA) is 57.2 Å². The first kappa shape index (κ1) is 15.6.